The van der Waals surface area contributed by atoms with E-state index in [1.165, 1.54) is 12.6 Å². The van der Waals surface area contributed by atoms with E-state index in [1.807, 2.05) is 0 Å². The third kappa shape index (κ3) is 1.98. The summed E-state index contributed by atoms with van der Waals surface area (Å²) >= 11 is 5.46. The second kappa shape index (κ2) is 4.32. The number of carboxylic acid groups (broad SMARTS) is 1. The first kappa shape index (κ1) is 10.8. The number of rotatable bonds is 1. The summed E-state index contributed by atoms with van der Waals surface area (Å²) in [7, 11) is 1.23. The number of hydrogen-bond donors (Lipinski definition) is 1. The van der Waals surface area contributed by atoms with Crippen LogP contribution < -0.4 is 0 Å². The molecule has 6 heteroatoms. The first-order valence-electron chi connectivity index (χ1n) is 3.95. The lowest BCUT2D eigenvalue weighted by Gasteiger charge is -2.17. The van der Waals surface area contributed by atoms with Crippen LogP contribution in [0.3, 0.4) is 0 Å². The van der Waals surface area contributed by atoms with E-state index in [1.54, 1.807) is 0 Å². The van der Waals surface area contributed by atoms with Crippen molar-refractivity contribution in [1.29, 1.82) is 0 Å². The lowest BCUT2D eigenvalue weighted by molar-refractivity contribution is -0.145. The number of esters is 1. The normalized spacial score (nSPS) is 24.0. The first-order valence-corrected chi connectivity index (χ1v) is 4.39. The molecule has 0 radical (unpaired) electrons. The highest BCUT2D eigenvalue weighted by atomic mass is 35.5. The van der Waals surface area contributed by atoms with Crippen molar-refractivity contribution in [3.05, 3.63) is 11.1 Å². The summed E-state index contributed by atoms with van der Waals surface area (Å²) in [5.74, 6) is -0.555. The highest BCUT2D eigenvalue weighted by Gasteiger charge is 2.37. The van der Waals surface area contributed by atoms with Crippen molar-refractivity contribution in [3.63, 3.8) is 0 Å². The molecule has 1 aliphatic heterocycles. The summed E-state index contributed by atoms with van der Waals surface area (Å²) in [5.41, 5.74) is 2.02. The van der Waals surface area contributed by atoms with Gasteiger partial charge in [0.05, 0.1) is 7.11 Å². The highest BCUT2D eigenvalue weighted by molar-refractivity contribution is 6.25. The maximum absolute atomic E-state index is 11.2. The topological polar surface area (TPSA) is 66.8 Å². The molecule has 1 N–H and O–H groups in total. The van der Waals surface area contributed by atoms with Crippen molar-refractivity contribution in [2.75, 3.05) is 13.7 Å². The fourth-order valence-corrected chi connectivity index (χ4v) is 1.54. The monoisotopic (exact) mass is 219 g/mol. The van der Waals surface area contributed by atoms with Crippen LogP contribution in [0.25, 0.3) is 0 Å². The summed E-state index contributed by atoms with van der Waals surface area (Å²) in [6.45, 7) is 0.165. The summed E-state index contributed by atoms with van der Waals surface area (Å²) in [5, 5.41) is 8.79. The van der Waals surface area contributed by atoms with E-state index in [0.29, 0.717) is 12.0 Å². The quantitative estimate of drug-likeness (QED) is 0.669. The predicted molar refractivity (Wildman–Crippen MR) is 49.1 cm³/mol. The minimum absolute atomic E-state index is 0.165. The van der Waals surface area contributed by atoms with Crippen molar-refractivity contribution >= 4 is 23.7 Å². The van der Waals surface area contributed by atoms with Gasteiger partial charge in [0.2, 0.25) is 0 Å². The molecule has 0 aromatic carbocycles. The molecule has 5 nitrogen and oxygen atoms in total. The Bertz CT molecular complexity index is 289. The number of carbonyl (C=O) groups excluding carboxylic acids is 1. The van der Waals surface area contributed by atoms with E-state index in [-0.39, 0.29) is 6.54 Å². The SMILES string of the molecule is COC(=O)[C@@H]1CC(=CCl)CN1C(=O)O. The van der Waals surface area contributed by atoms with Crippen LogP contribution in [0.5, 0.6) is 0 Å². The van der Waals surface area contributed by atoms with Crippen LogP contribution in [0, 0.1) is 0 Å². The Kier molecular flexibility index (Phi) is 3.35. The van der Waals surface area contributed by atoms with Crippen molar-refractivity contribution in [3.8, 4) is 0 Å². The molecule has 1 rings (SSSR count). The largest absolute Gasteiger partial charge is 0.467 e. The Morgan fingerprint density at radius 2 is 2.36 bits per heavy atom. The van der Waals surface area contributed by atoms with Crippen molar-refractivity contribution in [1.82, 2.24) is 4.90 Å². The molecule has 0 spiro atoms. The van der Waals surface area contributed by atoms with Crippen molar-refractivity contribution < 1.29 is 19.4 Å². The Morgan fingerprint density at radius 1 is 1.71 bits per heavy atom. The standard InChI is InChI=1S/C8H10ClNO4/c1-14-7(11)6-2-5(3-9)4-10(6)8(12)13/h3,6H,2,4H2,1H3,(H,12,13)/t6-/m0/s1. The fraction of sp³-hybridized carbons (Fsp3) is 0.500. The fourth-order valence-electron chi connectivity index (χ4n) is 1.38. The summed E-state index contributed by atoms with van der Waals surface area (Å²) < 4.78 is 4.49. The van der Waals surface area contributed by atoms with Gasteiger partial charge in [0, 0.05) is 18.5 Å². The minimum Gasteiger partial charge on any atom is -0.467 e. The Balaban J connectivity index is 2.82. The van der Waals surface area contributed by atoms with E-state index in [0.717, 1.165) is 4.90 Å². The molecule has 1 fully saturated rings. The molecular formula is C8H10ClNO4. The van der Waals surface area contributed by atoms with Gasteiger partial charge in [-0.3, -0.25) is 4.90 Å². The zero-order chi connectivity index (χ0) is 10.7. The number of likely N-dealkylation sites (tertiary alicyclic amines) is 1. The van der Waals surface area contributed by atoms with E-state index in [4.69, 9.17) is 16.7 Å². The lowest BCUT2D eigenvalue weighted by atomic mass is 10.2. The van der Waals surface area contributed by atoms with Crippen LogP contribution in [0.15, 0.2) is 11.1 Å². The number of halogens is 1. The van der Waals surface area contributed by atoms with Crippen molar-refractivity contribution in [2.24, 2.45) is 0 Å². The summed E-state index contributed by atoms with van der Waals surface area (Å²) in [4.78, 5) is 22.9. The Labute approximate surface area is 85.9 Å². The second-order valence-corrected chi connectivity index (χ2v) is 3.14. The van der Waals surface area contributed by atoms with Crippen LogP contribution >= 0.6 is 11.6 Å². The van der Waals surface area contributed by atoms with Gasteiger partial charge in [0.25, 0.3) is 0 Å². The van der Waals surface area contributed by atoms with E-state index in [9.17, 15) is 9.59 Å². The molecule has 0 unspecified atom stereocenters. The average Bonchev–Trinajstić information content (AvgIpc) is 2.60. The maximum atomic E-state index is 11.2. The van der Waals surface area contributed by atoms with Crippen LogP contribution in [0.1, 0.15) is 6.42 Å². The molecule has 0 aromatic rings. The van der Waals surface area contributed by atoms with Crippen molar-refractivity contribution in [2.45, 2.75) is 12.5 Å². The van der Waals surface area contributed by atoms with Gasteiger partial charge < -0.3 is 9.84 Å². The zero-order valence-electron chi connectivity index (χ0n) is 7.57. The molecule has 78 valence electrons. The second-order valence-electron chi connectivity index (χ2n) is 2.92. The Hall–Kier alpha value is -1.23. The average molecular weight is 220 g/mol. The van der Waals surface area contributed by atoms with Gasteiger partial charge in [-0.05, 0) is 5.57 Å². The number of carbonyl (C=O) groups is 2. The number of methoxy groups -OCH3 is 1. The van der Waals surface area contributed by atoms with Gasteiger partial charge in [-0.2, -0.15) is 0 Å². The van der Waals surface area contributed by atoms with Gasteiger partial charge in [-0.25, -0.2) is 9.59 Å². The number of nitrogens with zero attached hydrogens (tertiary/aromatic N) is 1. The van der Waals surface area contributed by atoms with Crippen LogP contribution in [-0.4, -0.2) is 41.8 Å². The van der Waals surface area contributed by atoms with Gasteiger partial charge in [0.1, 0.15) is 6.04 Å². The molecule has 0 aliphatic carbocycles. The highest BCUT2D eigenvalue weighted by Crippen LogP contribution is 2.23. The summed E-state index contributed by atoms with van der Waals surface area (Å²) in [6.07, 6.45) is -0.837. The molecule has 1 aliphatic rings. The van der Waals surface area contributed by atoms with Crippen LogP contribution in [-0.2, 0) is 9.53 Å². The molecule has 1 atom stereocenters. The van der Waals surface area contributed by atoms with Gasteiger partial charge >= 0.3 is 12.1 Å². The van der Waals surface area contributed by atoms with E-state index < -0.39 is 18.1 Å². The number of hydrogen-bond acceptors (Lipinski definition) is 3. The molecular weight excluding hydrogens is 210 g/mol. The van der Waals surface area contributed by atoms with E-state index >= 15 is 0 Å². The molecule has 1 amide bonds. The molecule has 1 heterocycles. The first-order chi connectivity index (χ1) is 6.60. The zero-order valence-corrected chi connectivity index (χ0v) is 8.32. The third-order valence-corrected chi connectivity index (χ3v) is 2.39. The molecule has 0 bridgehead atoms. The van der Waals surface area contributed by atoms with Gasteiger partial charge in [-0.15, -0.1) is 0 Å². The Morgan fingerprint density at radius 3 is 2.79 bits per heavy atom. The maximum Gasteiger partial charge on any atom is 0.408 e. The minimum atomic E-state index is -1.14. The smallest absolute Gasteiger partial charge is 0.408 e. The summed E-state index contributed by atoms with van der Waals surface area (Å²) in [6, 6.07) is -0.762. The number of amides is 1. The van der Waals surface area contributed by atoms with Crippen LogP contribution in [0.2, 0.25) is 0 Å². The molecule has 1 saturated heterocycles. The predicted octanol–water partition coefficient (Wildman–Crippen LogP) is 1.03. The number of ether oxygens (including phenoxy) is 1. The van der Waals surface area contributed by atoms with Gasteiger partial charge in [0.15, 0.2) is 0 Å². The molecule has 0 aromatic heterocycles. The van der Waals surface area contributed by atoms with E-state index in [2.05, 4.69) is 4.74 Å². The third-order valence-electron chi connectivity index (χ3n) is 2.08. The molecule has 14 heavy (non-hydrogen) atoms. The van der Waals surface area contributed by atoms with Gasteiger partial charge in [-0.1, -0.05) is 11.6 Å². The molecule has 0 saturated carbocycles. The lowest BCUT2D eigenvalue weighted by Crippen LogP contribution is -2.40. The van der Waals surface area contributed by atoms with Crippen LogP contribution in [0.4, 0.5) is 4.79 Å².